The first kappa shape index (κ1) is 11.6. The Morgan fingerprint density at radius 2 is 2.18 bits per heavy atom. The summed E-state index contributed by atoms with van der Waals surface area (Å²) in [6, 6.07) is 8.23. The Labute approximate surface area is 100 Å². The number of hydrogen-bond donors (Lipinski definition) is 0. The summed E-state index contributed by atoms with van der Waals surface area (Å²) in [4.78, 5) is 15.5. The molecule has 1 aromatic heterocycles. The zero-order chi connectivity index (χ0) is 12.3. The summed E-state index contributed by atoms with van der Waals surface area (Å²) in [5, 5.41) is 2.28. The molecule has 0 bridgehead atoms. The van der Waals surface area contributed by atoms with Gasteiger partial charge in [-0.15, -0.1) is 0 Å². The molecule has 0 aliphatic carbocycles. The van der Waals surface area contributed by atoms with Gasteiger partial charge in [0.15, 0.2) is 0 Å². The van der Waals surface area contributed by atoms with Crippen molar-refractivity contribution in [3.63, 3.8) is 0 Å². The third kappa shape index (κ3) is 2.61. The number of benzene rings is 1. The molecule has 0 spiro atoms. The van der Waals surface area contributed by atoms with Crippen LogP contribution in [0.5, 0.6) is 0 Å². The van der Waals surface area contributed by atoms with Crippen molar-refractivity contribution in [2.24, 2.45) is 0 Å². The number of ether oxygens (including phenoxy) is 1. The maximum atomic E-state index is 11.1. The second-order valence-electron chi connectivity index (χ2n) is 4.06. The van der Waals surface area contributed by atoms with Crippen molar-refractivity contribution < 1.29 is 9.53 Å². The third-order valence-corrected chi connectivity index (χ3v) is 2.80. The molecule has 0 aliphatic heterocycles. The Kier molecular flexibility index (Phi) is 3.38. The molecule has 1 heterocycles. The topological polar surface area (TPSA) is 39.2 Å². The summed E-state index contributed by atoms with van der Waals surface area (Å²) in [5.41, 5.74) is 2.18. The number of nitrogens with zero attached hydrogens (tertiary/aromatic N) is 1. The van der Waals surface area contributed by atoms with Crippen LogP contribution >= 0.6 is 0 Å². The van der Waals surface area contributed by atoms with Crippen molar-refractivity contribution >= 4 is 16.7 Å². The molecule has 3 nitrogen and oxygen atoms in total. The molecule has 0 amide bonds. The number of carbonyl (C=O) groups excluding carboxylic acids is 1. The van der Waals surface area contributed by atoms with E-state index >= 15 is 0 Å². The van der Waals surface area contributed by atoms with Crippen molar-refractivity contribution in [1.29, 1.82) is 0 Å². The Balaban J connectivity index is 2.31. The van der Waals surface area contributed by atoms with Crippen LogP contribution in [0, 0.1) is 6.92 Å². The molecule has 0 radical (unpaired) electrons. The lowest BCUT2D eigenvalue weighted by Gasteiger charge is -2.05. The van der Waals surface area contributed by atoms with Crippen molar-refractivity contribution in [2.45, 2.75) is 19.8 Å². The number of aromatic nitrogens is 1. The number of aryl methyl sites for hydroxylation is 2. The van der Waals surface area contributed by atoms with Gasteiger partial charge in [-0.05, 0) is 18.4 Å². The lowest BCUT2D eigenvalue weighted by atomic mass is 10.0. The smallest absolute Gasteiger partial charge is 0.305 e. The first-order valence-electron chi connectivity index (χ1n) is 5.62. The average molecular weight is 229 g/mol. The molecule has 0 atom stereocenters. The molecule has 2 aromatic rings. The van der Waals surface area contributed by atoms with Crippen LogP contribution in [0.25, 0.3) is 10.8 Å². The van der Waals surface area contributed by atoms with Crippen LogP contribution in [0.4, 0.5) is 0 Å². The fourth-order valence-electron chi connectivity index (χ4n) is 1.88. The molecule has 0 fully saturated rings. The van der Waals surface area contributed by atoms with Crippen LogP contribution in [0.15, 0.2) is 30.5 Å². The molecule has 88 valence electrons. The van der Waals surface area contributed by atoms with Crippen LogP contribution in [0.3, 0.4) is 0 Å². The zero-order valence-electron chi connectivity index (χ0n) is 10.1. The van der Waals surface area contributed by atoms with Gasteiger partial charge in [0.2, 0.25) is 0 Å². The molecule has 1 aromatic carbocycles. The van der Waals surface area contributed by atoms with E-state index in [4.69, 9.17) is 0 Å². The van der Waals surface area contributed by atoms with E-state index in [1.165, 1.54) is 18.1 Å². The van der Waals surface area contributed by atoms with E-state index in [2.05, 4.69) is 34.8 Å². The lowest BCUT2D eigenvalue weighted by molar-refractivity contribution is -0.140. The maximum Gasteiger partial charge on any atom is 0.305 e. The number of methoxy groups -OCH3 is 1. The maximum absolute atomic E-state index is 11.1. The predicted molar refractivity (Wildman–Crippen MR) is 66.8 cm³/mol. The first-order chi connectivity index (χ1) is 8.20. The Hall–Kier alpha value is -1.90. The quantitative estimate of drug-likeness (QED) is 0.759. The van der Waals surface area contributed by atoms with Crippen molar-refractivity contribution in [3.8, 4) is 0 Å². The molecule has 0 N–H and O–H groups in total. The van der Waals surface area contributed by atoms with Gasteiger partial charge in [0, 0.05) is 23.7 Å². The van der Waals surface area contributed by atoms with E-state index < -0.39 is 0 Å². The van der Waals surface area contributed by atoms with E-state index in [9.17, 15) is 4.79 Å². The molecule has 0 saturated heterocycles. The second kappa shape index (κ2) is 4.95. The van der Waals surface area contributed by atoms with Gasteiger partial charge in [-0.25, -0.2) is 0 Å². The average Bonchev–Trinajstić information content (AvgIpc) is 2.35. The fraction of sp³-hybridized carbons (Fsp3) is 0.286. The highest BCUT2D eigenvalue weighted by Gasteiger charge is 2.06. The number of rotatable bonds is 3. The van der Waals surface area contributed by atoms with Gasteiger partial charge in [-0.1, -0.05) is 23.8 Å². The lowest BCUT2D eigenvalue weighted by Crippen LogP contribution is -2.03. The molecule has 0 saturated carbocycles. The molecule has 17 heavy (non-hydrogen) atoms. The first-order valence-corrected chi connectivity index (χ1v) is 5.62. The van der Waals surface area contributed by atoms with Crippen LogP contribution in [-0.2, 0) is 16.0 Å². The van der Waals surface area contributed by atoms with Crippen molar-refractivity contribution in [2.75, 3.05) is 7.11 Å². The summed E-state index contributed by atoms with van der Waals surface area (Å²) in [7, 11) is 1.40. The summed E-state index contributed by atoms with van der Waals surface area (Å²) < 4.78 is 4.64. The molecule has 0 unspecified atom stereocenters. The van der Waals surface area contributed by atoms with E-state index in [1.807, 2.05) is 6.07 Å². The normalized spacial score (nSPS) is 10.5. The van der Waals surface area contributed by atoms with Crippen molar-refractivity contribution in [3.05, 3.63) is 41.7 Å². The van der Waals surface area contributed by atoms with Gasteiger partial charge in [0.05, 0.1) is 13.5 Å². The standard InChI is InChI=1S/C14H15NO2/c1-10-3-4-12-11(9-10)7-8-15-13(12)5-6-14(16)17-2/h3-4,7-9H,5-6H2,1-2H3. The molecule has 2 rings (SSSR count). The van der Waals surface area contributed by atoms with Gasteiger partial charge >= 0.3 is 5.97 Å². The van der Waals surface area contributed by atoms with Gasteiger partial charge in [0.1, 0.15) is 0 Å². The highest BCUT2D eigenvalue weighted by molar-refractivity contribution is 5.85. The van der Waals surface area contributed by atoms with Crippen LogP contribution in [-0.4, -0.2) is 18.1 Å². The fourth-order valence-corrected chi connectivity index (χ4v) is 1.88. The monoisotopic (exact) mass is 229 g/mol. The zero-order valence-corrected chi connectivity index (χ0v) is 10.1. The van der Waals surface area contributed by atoms with Crippen molar-refractivity contribution in [1.82, 2.24) is 4.98 Å². The van der Waals surface area contributed by atoms with Gasteiger partial charge < -0.3 is 4.74 Å². The number of carbonyl (C=O) groups is 1. The van der Waals surface area contributed by atoms with Crippen LogP contribution in [0.2, 0.25) is 0 Å². The Bertz CT molecular complexity index is 549. The Morgan fingerprint density at radius 1 is 1.35 bits per heavy atom. The summed E-state index contributed by atoms with van der Waals surface area (Å²) in [6.45, 7) is 2.06. The predicted octanol–water partition coefficient (Wildman–Crippen LogP) is 2.65. The third-order valence-electron chi connectivity index (χ3n) is 2.80. The SMILES string of the molecule is COC(=O)CCc1nccc2cc(C)ccc12. The molecular weight excluding hydrogens is 214 g/mol. The summed E-state index contributed by atoms with van der Waals surface area (Å²) >= 11 is 0. The van der Waals surface area contributed by atoms with Gasteiger partial charge in [-0.2, -0.15) is 0 Å². The number of hydrogen-bond acceptors (Lipinski definition) is 3. The van der Waals surface area contributed by atoms with Crippen LogP contribution in [0.1, 0.15) is 17.7 Å². The van der Waals surface area contributed by atoms with Gasteiger partial charge in [0.25, 0.3) is 0 Å². The minimum absolute atomic E-state index is 0.198. The van der Waals surface area contributed by atoms with Crippen LogP contribution < -0.4 is 0 Å². The largest absolute Gasteiger partial charge is 0.469 e. The minimum atomic E-state index is -0.198. The highest BCUT2D eigenvalue weighted by Crippen LogP contribution is 2.19. The molecular formula is C14H15NO2. The van der Waals surface area contributed by atoms with E-state index in [0.717, 1.165) is 11.1 Å². The summed E-state index contributed by atoms with van der Waals surface area (Å²) in [5.74, 6) is -0.198. The van der Waals surface area contributed by atoms with E-state index in [-0.39, 0.29) is 5.97 Å². The van der Waals surface area contributed by atoms with E-state index in [0.29, 0.717) is 12.8 Å². The van der Waals surface area contributed by atoms with Gasteiger partial charge in [-0.3, -0.25) is 9.78 Å². The molecule has 0 aliphatic rings. The second-order valence-corrected chi connectivity index (χ2v) is 4.06. The van der Waals surface area contributed by atoms with E-state index in [1.54, 1.807) is 6.20 Å². The Morgan fingerprint density at radius 3 is 2.94 bits per heavy atom. The highest BCUT2D eigenvalue weighted by atomic mass is 16.5. The number of pyridine rings is 1. The molecule has 3 heteroatoms. The number of fused-ring (bicyclic) bond motifs is 1. The number of esters is 1. The summed E-state index contributed by atoms with van der Waals surface area (Å²) in [6.07, 6.45) is 2.78. The minimum Gasteiger partial charge on any atom is -0.469 e.